The van der Waals surface area contributed by atoms with Crippen LogP contribution in [0.15, 0.2) is 0 Å². The molecule has 0 aromatic carbocycles. The van der Waals surface area contributed by atoms with Gasteiger partial charge in [0, 0.05) is 6.42 Å². The zero-order valence-corrected chi connectivity index (χ0v) is 5.81. The minimum absolute atomic E-state index is 0.170. The van der Waals surface area contributed by atoms with Crippen molar-refractivity contribution < 1.29 is 9.59 Å². The third-order valence-electron chi connectivity index (χ3n) is 1.59. The van der Waals surface area contributed by atoms with Gasteiger partial charge in [0.15, 0.2) is 0 Å². The summed E-state index contributed by atoms with van der Waals surface area (Å²) in [5.41, 5.74) is 0. The molecule has 1 saturated heterocycles. The highest BCUT2D eigenvalue weighted by molar-refractivity contribution is 6.00. The number of rotatable bonds is 1. The molecule has 0 spiro atoms. The van der Waals surface area contributed by atoms with Gasteiger partial charge in [-0.25, -0.2) is 0 Å². The van der Waals surface area contributed by atoms with Crippen LogP contribution in [0.5, 0.6) is 0 Å². The molecule has 0 aliphatic carbocycles. The predicted octanol–water partition coefficient (Wildman–Crippen LogP) is -0.989. The molecule has 0 aromatic heterocycles. The lowest BCUT2D eigenvalue weighted by Gasteiger charge is -2.19. The Balaban J connectivity index is 2.51. The monoisotopic (exact) mass is 142 g/mol. The van der Waals surface area contributed by atoms with Crippen molar-refractivity contribution in [1.29, 1.82) is 0 Å². The molecule has 1 aliphatic heterocycles. The molecule has 4 heteroatoms. The summed E-state index contributed by atoms with van der Waals surface area (Å²) in [4.78, 5) is 21.4. The maximum atomic E-state index is 10.8. The summed E-state index contributed by atoms with van der Waals surface area (Å²) >= 11 is 0. The molecule has 1 rings (SSSR count). The molecule has 0 unspecified atom stereocenters. The van der Waals surface area contributed by atoms with E-state index in [0.717, 1.165) is 0 Å². The van der Waals surface area contributed by atoms with Crippen molar-refractivity contribution in [3.8, 4) is 0 Å². The number of carbonyl (C=O) groups is 2. The summed E-state index contributed by atoms with van der Waals surface area (Å²) in [5.74, 6) is -0.379. The fourth-order valence-corrected chi connectivity index (χ4v) is 0.969. The Morgan fingerprint density at radius 3 is 2.80 bits per heavy atom. The van der Waals surface area contributed by atoms with E-state index >= 15 is 0 Å². The first-order valence-corrected chi connectivity index (χ1v) is 3.25. The van der Waals surface area contributed by atoms with Gasteiger partial charge in [0.25, 0.3) is 0 Å². The molecule has 56 valence electrons. The van der Waals surface area contributed by atoms with E-state index in [1.54, 1.807) is 7.05 Å². The van der Waals surface area contributed by atoms with Gasteiger partial charge in [0.2, 0.25) is 11.8 Å². The lowest BCUT2D eigenvalue weighted by molar-refractivity contribution is -0.134. The second kappa shape index (κ2) is 2.79. The Hall–Kier alpha value is -0.900. The number of piperidine rings is 1. The minimum Gasteiger partial charge on any atom is -0.309 e. The number of amides is 2. The van der Waals surface area contributed by atoms with Crippen molar-refractivity contribution in [2.24, 2.45) is 0 Å². The average Bonchev–Trinajstić information content (AvgIpc) is 1.88. The largest absolute Gasteiger partial charge is 0.309 e. The van der Waals surface area contributed by atoms with Gasteiger partial charge in [0.1, 0.15) is 0 Å². The standard InChI is InChI=1S/C6H10N2O2/c1-7-4-2-3-5(9)8-6(4)10/h4,7H,2-3H2,1H3,(H,8,9,10)/t4-/m0/s1. The second-order valence-electron chi connectivity index (χ2n) is 2.29. The number of hydrogen-bond donors (Lipinski definition) is 2. The molecule has 10 heavy (non-hydrogen) atoms. The van der Waals surface area contributed by atoms with Gasteiger partial charge in [0.05, 0.1) is 6.04 Å². The van der Waals surface area contributed by atoms with E-state index in [-0.39, 0.29) is 17.9 Å². The average molecular weight is 142 g/mol. The zero-order valence-electron chi connectivity index (χ0n) is 5.81. The van der Waals surface area contributed by atoms with Crippen molar-refractivity contribution in [3.05, 3.63) is 0 Å². The van der Waals surface area contributed by atoms with Gasteiger partial charge in [-0.3, -0.25) is 14.9 Å². The third kappa shape index (κ3) is 1.33. The summed E-state index contributed by atoms with van der Waals surface area (Å²) in [6, 6.07) is -0.183. The highest BCUT2D eigenvalue weighted by Gasteiger charge is 2.24. The van der Waals surface area contributed by atoms with E-state index in [9.17, 15) is 9.59 Å². The molecule has 0 saturated carbocycles. The smallest absolute Gasteiger partial charge is 0.243 e. The number of likely N-dealkylation sites (N-methyl/N-ethyl adjacent to an activating group) is 1. The molecule has 1 aliphatic rings. The van der Waals surface area contributed by atoms with E-state index in [1.165, 1.54) is 0 Å². The Morgan fingerprint density at radius 1 is 1.60 bits per heavy atom. The third-order valence-corrected chi connectivity index (χ3v) is 1.59. The van der Waals surface area contributed by atoms with Gasteiger partial charge in [-0.05, 0) is 13.5 Å². The van der Waals surface area contributed by atoms with Crippen LogP contribution in [-0.2, 0) is 9.59 Å². The van der Waals surface area contributed by atoms with Crippen molar-refractivity contribution in [1.82, 2.24) is 10.6 Å². The topological polar surface area (TPSA) is 58.2 Å². The van der Waals surface area contributed by atoms with Crippen molar-refractivity contribution in [2.45, 2.75) is 18.9 Å². The fraction of sp³-hybridized carbons (Fsp3) is 0.667. The summed E-state index contributed by atoms with van der Waals surface area (Å²) in [6.45, 7) is 0. The Morgan fingerprint density at radius 2 is 2.30 bits per heavy atom. The van der Waals surface area contributed by atoms with Crippen molar-refractivity contribution in [2.75, 3.05) is 7.05 Å². The molecule has 0 radical (unpaired) electrons. The number of hydrogen-bond acceptors (Lipinski definition) is 3. The lowest BCUT2D eigenvalue weighted by atomic mass is 10.1. The Kier molecular flexibility index (Phi) is 2.01. The summed E-state index contributed by atoms with van der Waals surface area (Å²) < 4.78 is 0. The summed E-state index contributed by atoms with van der Waals surface area (Å²) in [5, 5.41) is 5.05. The van der Waals surface area contributed by atoms with Gasteiger partial charge >= 0.3 is 0 Å². The van der Waals surface area contributed by atoms with Crippen LogP contribution in [0, 0.1) is 0 Å². The van der Waals surface area contributed by atoms with Crippen LogP contribution in [0.3, 0.4) is 0 Å². The summed E-state index contributed by atoms with van der Waals surface area (Å²) in [7, 11) is 1.71. The maximum Gasteiger partial charge on any atom is 0.243 e. The number of imide groups is 1. The Bertz CT molecular complexity index is 167. The molecule has 0 bridgehead atoms. The summed E-state index contributed by atoms with van der Waals surface area (Å²) in [6.07, 6.45) is 1.05. The first-order chi connectivity index (χ1) is 4.74. The van der Waals surface area contributed by atoms with Crippen LogP contribution in [-0.4, -0.2) is 24.9 Å². The normalized spacial score (nSPS) is 26.3. The molecule has 1 atom stereocenters. The SMILES string of the molecule is CN[C@H]1CCC(=O)NC1=O. The first kappa shape index (κ1) is 7.21. The van der Waals surface area contributed by atoms with Gasteiger partial charge in [-0.1, -0.05) is 0 Å². The van der Waals surface area contributed by atoms with E-state index in [1.807, 2.05) is 0 Å². The molecular weight excluding hydrogens is 132 g/mol. The highest BCUT2D eigenvalue weighted by Crippen LogP contribution is 2.02. The maximum absolute atomic E-state index is 10.8. The number of carbonyl (C=O) groups excluding carboxylic acids is 2. The van der Waals surface area contributed by atoms with Crippen molar-refractivity contribution in [3.63, 3.8) is 0 Å². The fourth-order valence-electron chi connectivity index (χ4n) is 0.969. The number of nitrogens with one attached hydrogen (secondary N) is 2. The van der Waals surface area contributed by atoms with Gasteiger partial charge in [-0.15, -0.1) is 0 Å². The van der Waals surface area contributed by atoms with Gasteiger partial charge < -0.3 is 5.32 Å². The molecule has 1 heterocycles. The predicted molar refractivity (Wildman–Crippen MR) is 35.2 cm³/mol. The quantitative estimate of drug-likeness (QED) is 0.462. The van der Waals surface area contributed by atoms with Crippen LogP contribution in [0.25, 0.3) is 0 Å². The first-order valence-electron chi connectivity index (χ1n) is 3.25. The highest BCUT2D eigenvalue weighted by atomic mass is 16.2. The minimum atomic E-state index is -0.209. The van der Waals surface area contributed by atoms with E-state index in [0.29, 0.717) is 12.8 Å². The van der Waals surface area contributed by atoms with Crippen LogP contribution >= 0.6 is 0 Å². The van der Waals surface area contributed by atoms with E-state index in [4.69, 9.17) is 0 Å². The molecular formula is C6H10N2O2. The lowest BCUT2D eigenvalue weighted by Crippen LogP contribution is -2.49. The van der Waals surface area contributed by atoms with Crippen LogP contribution < -0.4 is 10.6 Å². The van der Waals surface area contributed by atoms with Crippen LogP contribution in [0.4, 0.5) is 0 Å². The zero-order chi connectivity index (χ0) is 7.56. The molecule has 4 nitrogen and oxygen atoms in total. The molecule has 0 aromatic rings. The molecule has 2 amide bonds. The molecule has 2 N–H and O–H groups in total. The van der Waals surface area contributed by atoms with Crippen LogP contribution in [0.1, 0.15) is 12.8 Å². The van der Waals surface area contributed by atoms with Crippen molar-refractivity contribution >= 4 is 11.8 Å². The van der Waals surface area contributed by atoms with E-state index < -0.39 is 0 Å². The molecule has 1 fully saturated rings. The van der Waals surface area contributed by atoms with E-state index in [2.05, 4.69) is 10.6 Å². The van der Waals surface area contributed by atoms with Gasteiger partial charge in [-0.2, -0.15) is 0 Å². The second-order valence-corrected chi connectivity index (χ2v) is 2.29. The van der Waals surface area contributed by atoms with Crippen LogP contribution in [0.2, 0.25) is 0 Å². The Labute approximate surface area is 59.0 Å².